The molecule has 0 aromatic rings. The van der Waals surface area contributed by atoms with E-state index >= 15 is 0 Å². The Balaban J connectivity index is 2.67. The number of hydrogen-bond donors (Lipinski definition) is 0. The van der Waals surface area contributed by atoms with Gasteiger partial charge in [0, 0.05) is 6.21 Å². The molecule has 0 aromatic carbocycles. The highest BCUT2D eigenvalue weighted by Crippen LogP contribution is 2.15. The van der Waals surface area contributed by atoms with Crippen LogP contribution in [0.4, 0.5) is 0 Å². The summed E-state index contributed by atoms with van der Waals surface area (Å²) in [7, 11) is 1.38. The van der Waals surface area contributed by atoms with Crippen LogP contribution in [0.25, 0.3) is 0 Å². The van der Waals surface area contributed by atoms with Gasteiger partial charge in [-0.2, -0.15) is 0 Å². The zero-order valence-electron chi connectivity index (χ0n) is 6.70. The minimum absolute atomic E-state index is 0.0162. The second-order valence-corrected chi connectivity index (χ2v) is 2.34. The van der Waals surface area contributed by atoms with Gasteiger partial charge in [0.1, 0.15) is 0 Å². The summed E-state index contributed by atoms with van der Waals surface area (Å²) in [5.41, 5.74) is 0.662. The van der Waals surface area contributed by atoms with Crippen molar-refractivity contribution >= 4 is 12.2 Å². The molecular weight excluding hydrogens is 142 g/mol. The number of ether oxygens (including phenoxy) is 1. The third kappa shape index (κ3) is 1.48. The van der Waals surface area contributed by atoms with Gasteiger partial charge in [-0.05, 0) is 12.5 Å². The number of carbonyl (C=O) groups excluding carboxylic acids is 1. The van der Waals surface area contributed by atoms with Gasteiger partial charge in [-0.1, -0.05) is 6.92 Å². The zero-order valence-corrected chi connectivity index (χ0v) is 6.70. The van der Waals surface area contributed by atoms with Crippen molar-refractivity contribution in [3.05, 3.63) is 11.6 Å². The molecule has 0 fully saturated rings. The Morgan fingerprint density at radius 2 is 2.55 bits per heavy atom. The smallest absolute Gasteiger partial charge is 0.335 e. The molecule has 1 aliphatic rings. The summed E-state index contributed by atoms with van der Waals surface area (Å²) >= 11 is 0. The summed E-state index contributed by atoms with van der Waals surface area (Å²) in [6, 6.07) is 0.0162. The fourth-order valence-corrected chi connectivity index (χ4v) is 1.07. The van der Waals surface area contributed by atoms with E-state index in [1.54, 1.807) is 12.3 Å². The molecule has 0 spiro atoms. The van der Waals surface area contributed by atoms with Crippen molar-refractivity contribution in [3.63, 3.8) is 0 Å². The number of methoxy groups -OCH3 is 1. The molecular formula is C8H11NO2. The third-order valence-corrected chi connectivity index (χ3v) is 1.69. The van der Waals surface area contributed by atoms with Gasteiger partial charge < -0.3 is 4.74 Å². The van der Waals surface area contributed by atoms with E-state index < -0.39 is 0 Å². The first-order valence-corrected chi connectivity index (χ1v) is 3.61. The first-order chi connectivity index (χ1) is 5.29. The summed E-state index contributed by atoms with van der Waals surface area (Å²) in [5, 5.41) is 0. The van der Waals surface area contributed by atoms with Crippen LogP contribution in [0, 0.1) is 0 Å². The third-order valence-electron chi connectivity index (χ3n) is 1.69. The molecule has 1 atom stereocenters. The van der Waals surface area contributed by atoms with Crippen LogP contribution in [0.5, 0.6) is 0 Å². The molecule has 11 heavy (non-hydrogen) atoms. The second kappa shape index (κ2) is 3.32. The lowest BCUT2D eigenvalue weighted by molar-refractivity contribution is -0.136. The van der Waals surface area contributed by atoms with Crippen LogP contribution in [0.3, 0.4) is 0 Å². The average molecular weight is 153 g/mol. The normalized spacial score (nSPS) is 21.6. The zero-order chi connectivity index (χ0) is 8.27. The maximum absolute atomic E-state index is 11.0. The van der Waals surface area contributed by atoms with Crippen molar-refractivity contribution in [1.29, 1.82) is 0 Å². The van der Waals surface area contributed by atoms with Crippen LogP contribution in [-0.2, 0) is 9.53 Å². The Hall–Kier alpha value is -1.12. The van der Waals surface area contributed by atoms with Gasteiger partial charge >= 0.3 is 5.97 Å². The quantitative estimate of drug-likeness (QED) is 0.554. The standard InChI is InChI=1S/C8H11NO2/c1-3-7-6(4-5-9-7)8(10)11-2/h4-5,7H,3H2,1-2H3/t7-/m1/s1. The lowest BCUT2D eigenvalue weighted by Crippen LogP contribution is -2.14. The summed E-state index contributed by atoms with van der Waals surface area (Å²) < 4.78 is 4.58. The SMILES string of the molecule is CC[C@H]1N=CC=C1C(=O)OC. The summed E-state index contributed by atoms with van der Waals surface area (Å²) in [6.45, 7) is 1.99. The van der Waals surface area contributed by atoms with E-state index in [4.69, 9.17) is 0 Å². The second-order valence-electron chi connectivity index (χ2n) is 2.34. The topological polar surface area (TPSA) is 38.7 Å². The average Bonchev–Trinajstić information content (AvgIpc) is 2.50. The van der Waals surface area contributed by atoms with Gasteiger partial charge in [0.2, 0.25) is 0 Å². The Bertz CT molecular complexity index is 218. The number of aliphatic imine (C=N–C) groups is 1. The molecule has 0 saturated carbocycles. The number of nitrogens with zero attached hydrogens (tertiary/aromatic N) is 1. The molecule has 0 aliphatic carbocycles. The molecule has 0 amide bonds. The molecule has 60 valence electrons. The highest BCUT2D eigenvalue weighted by Gasteiger charge is 2.21. The van der Waals surface area contributed by atoms with E-state index in [2.05, 4.69) is 9.73 Å². The van der Waals surface area contributed by atoms with Gasteiger partial charge in [-0.15, -0.1) is 0 Å². The number of allylic oxidation sites excluding steroid dienone is 1. The minimum atomic E-state index is -0.269. The molecule has 1 heterocycles. The van der Waals surface area contributed by atoms with Gasteiger partial charge in [0.15, 0.2) is 0 Å². The van der Waals surface area contributed by atoms with Gasteiger partial charge in [-0.3, -0.25) is 4.99 Å². The number of carbonyl (C=O) groups is 1. The minimum Gasteiger partial charge on any atom is -0.466 e. The van der Waals surface area contributed by atoms with Crippen molar-refractivity contribution in [1.82, 2.24) is 0 Å². The van der Waals surface area contributed by atoms with E-state index in [0.717, 1.165) is 6.42 Å². The lowest BCUT2D eigenvalue weighted by atomic mass is 10.1. The molecule has 1 aliphatic heterocycles. The summed E-state index contributed by atoms with van der Waals surface area (Å²) in [4.78, 5) is 15.1. The molecule has 0 saturated heterocycles. The molecule has 0 bridgehead atoms. The molecule has 0 aromatic heterocycles. The predicted molar refractivity (Wildman–Crippen MR) is 42.7 cm³/mol. The number of esters is 1. The van der Waals surface area contributed by atoms with Crippen LogP contribution in [0.1, 0.15) is 13.3 Å². The molecule has 0 radical (unpaired) electrons. The summed E-state index contributed by atoms with van der Waals surface area (Å²) in [6.07, 6.45) is 4.21. The maximum Gasteiger partial charge on any atom is 0.335 e. The van der Waals surface area contributed by atoms with Crippen LogP contribution >= 0.6 is 0 Å². The number of rotatable bonds is 2. The first kappa shape index (κ1) is 7.98. The molecule has 1 rings (SSSR count). The fraction of sp³-hybridized carbons (Fsp3) is 0.500. The van der Waals surface area contributed by atoms with Crippen molar-refractivity contribution in [3.8, 4) is 0 Å². The molecule has 3 heteroatoms. The van der Waals surface area contributed by atoms with Crippen LogP contribution in [-0.4, -0.2) is 25.3 Å². The van der Waals surface area contributed by atoms with Crippen molar-refractivity contribution in [2.75, 3.05) is 7.11 Å². The van der Waals surface area contributed by atoms with Gasteiger partial charge in [0.05, 0.1) is 18.7 Å². The van der Waals surface area contributed by atoms with E-state index in [0.29, 0.717) is 5.57 Å². The van der Waals surface area contributed by atoms with E-state index in [1.165, 1.54) is 7.11 Å². The van der Waals surface area contributed by atoms with Crippen LogP contribution < -0.4 is 0 Å². The predicted octanol–water partition coefficient (Wildman–Crippen LogP) is 0.949. The van der Waals surface area contributed by atoms with Crippen LogP contribution in [0.15, 0.2) is 16.6 Å². The molecule has 0 unspecified atom stereocenters. The fourth-order valence-electron chi connectivity index (χ4n) is 1.07. The van der Waals surface area contributed by atoms with Crippen LogP contribution in [0.2, 0.25) is 0 Å². The van der Waals surface area contributed by atoms with E-state index in [9.17, 15) is 4.79 Å². The Labute approximate surface area is 65.8 Å². The molecule has 0 N–H and O–H groups in total. The van der Waals surface area contributed by atoms with E-state index in [-0.39, 0.29) is 12.0 Å². The van der Waals surface area contributed by atoms with Gasteiger partial charge in [0.25, 0.3) is 0 Å². The monoisotopic (exact) mass is 153 g/mol. The summed E-state index contributed by atoms with van der Waals surface area (Å²) in [5.74, 6) is -0.269. The lowest BCUT2D eigenvalue weighted by Gasteiger charge is -2.06. The maximum atomic E-state index is 11.0. The Morgan fingerprint density at radius 3 is 3.09 bits per heavy atom. The van der Waals surface area contributed by atoms with Gasteiger partial charge in [-0.25, -0.2) is 4.79 Å². The first-order valence-electron chi connectivity index (χ1n) is 3.61. The van der Waals surface area contributed by atoms with E-state index in [1.807, 2.05) is 6.92 Å². The van der Waals surface area contributed by atoms with Crippen molar-refractivity contribution < 1.29 is 9.53 Å². The number of hydrogen-bond acceptors (Lipinski definition) is 3. The largest absolute Gasteiger partial charge is 0.466 e. The van der Waals surface area contributed by atoms with Crippen molar-refractivity contribution in [2.45, 2.75) is 19.4 Å². The molecule has 3 nitrogen and oxygen atoms in total. The Morgan fingerprint density at radius 1 is 1.82 bits per heavy atom. The Kier molecular flexibility index (Phi) is 2.41. The van der Waals surface area contributed by atoms with Crippen molar-refractivity contribution in [2.24, 2.45) is 4.99 Å². The highest BCUT2D eigenvalue weighted by atomic mass is 16.5. The highest BCUT2D eigenvalue weighted by molar-refractivity contribution is 5.97.